The smallest absolute Gasteiger partial charge is 0.239 e. The standard InChI is InChI=1S/C20H21FN2O2/c1-2-14-7-9-16(10-8-14)23-12-11-17(20(23)25)19(24)22-13-15-5-3-4-6-18(15)21/h3-10,17H,2,11-13H2,1H3,(H,22,24). The maximum atomic E-state index is 13.6. The summed E-state index contributed by atoms with van der Waals surface area (Å²) in [5.41, 5.74) is 2.43. The summed E-state index contributed by atoms with van der Waals surface area (Å²) >= 11 is 0. The fourth-order valence-corrected chi connectivity index (χ4v) is 3.04. The Kier molecular flexibility index (Phi) is 5.12. The zero-order valence-corrected chi connectivity index (χ0v) is 14.2. The number of nitrogens with zero attached hydrogens (tertiary/aromatic N) is 1. The zero-order chi connectivity index (χ0) is 17.8. The fourth-order valence-electron chi connectivity index (χ4n) is 3.04. The lowest BCUT2D eigenvalue weighted by molar-refractivity contribution is -0.132. The first-order valence-electron chi connectivity index (χ1n) is 8.51. The van der Waals surface area contributed by atoms with Crippen molar-refractivity contribution in [1.82, 2.24) is 5.32 Å². The van der Waals surface area contributed by atoms with Crippen LogP contribution in [0.15, 0.2) is 48.5 Å². The third kappa shape index (κ3) is 3.71. The molecule has 2 aromatic carbocycles. The van der Waals surface area contributed by atoms with Crippen molar-refractivity contribution in [3.05, 3.63) is 65.5 Å². The van der Waals surface area contributed by atoms with Gasteiger partial charge in [0.15, 0.2) is 0 Å². The topological polar surface area (TPSA) is 49.4 Å². The second-order valence-corrected chi connectivity index (χ2v) is 6.16. The Morgan fingerprint density at radius 2 is 1.92 bits per heavy atom. The Balaban J connectivity index is 1.62. The Hall–Kier alpha value is -2.69. The number of hydrogen-bond donors (Lipinski definition) is 1. The van der Waals surface area contributed by atoms with Crippen LogP contribution < -0.4 is 10.2 Å². The Bertz CT molecular complexity index is 774. The molecule has 1 N–H and O–H groups in total. The highest BCUT2D eigenvalue weighted by atomic mass is 19.1. The van der Waals surface area contributed by atoms with Gasteiger partial charge in [0.25, 0.3) is 0 Å². The van der Waals surface area contributed by atoms with E-state index in [2.05, 4.69) is 12.2 Å². The van der Waals surface area contributed by atoms with Crippen molar-refractivity contribution in [2.24, 2.45) is 5.92 Å². The van der Waals surface area contributed by atoms with Crippen LogP contribution in [0.25, 0.3) is 0 Å². The molecule has 0 radical (unpaired) electrons. The second kappa shape index (κ2) is 7.47. The highest BCUT2D eigenvalue weighted by molar-refractivity contribution is 6.09. The van der Waals surface area contributed by atoms with Gasteiger partial charge in [-0.15, -0.1) is 0 Å². The number of rotatable bonds is 5. The molecule has 25 heavy (non-hydrogen) atoms. The largest absolute Gasteiger partial charge is 0.351 e. The molecule has 1 heterocycles. The van der Waals surface area contributed by atoms with E-state index in [-0.39, 0.29) is 24.2 Å². The lowest BCUT2D eigenvalue weighted by Gasteiger charge is -2.17. The molecule has 4 nitrogen and oxygen atoms in total. The second-order valence-electron chi connectivity index (χ2n) is 6.16. The maximum Gasteiger partial charge on any atom is 0.239 e. The lowest BCUT2D eigenvalue weighted by Crippen LogP contribution is -2.36. The normalized spacial score (nSPS) is 17.0. The Morgan fingerprint density at radius 1 is 1.20 bits per heavy atom. The molecule has 3 rings (SSSR count). The average molecular weight is 340 g/mol. The molecule has 5 heteroatoms. The predicted molar refractivity (Wildman–Crippen MR) is 94.5 cm³/mol. The van der Waals surface area contributed by atoms with E-state index >= 15 is 0 Å². The van der Waals surface area contributed by atoms with Gasteiger partial charge in [-0.05, 0) is 36.6 Å². The maximum absolute atomic E-state index is 13.6. The predicted octanol–water partition coefficient (Wildman–Crippen LogP) is 3.06. The van der Waals surface area contributed by atoms with Gasteiger partial charge in [-0.25, -0.2) is 4.39 Å². The van der Waals surface area contributed by atoms with Crippen molar-refractivity contribution in [2.75, 3.05) is 11.4 Å². The van der Waals surface area contributed by atoms with Crippen LogP contribution in [0.1, 0.15) is 24.5 Å². The summed E-state index contributed by atoms with van der Waals surface area (Å²) in [6, 6.07) is 14.1. The molecule has 1 unspecified atom stereocenters. The number of benzene rings is 2. The number of amides is 2. The number of anilines is 1. The third-order valence-corrected chi connectivity index (χ3v) is 4.59. The number of aryl methyl sites for hydroxylation is 1. The van der Waals surface area contributed by atoms with E-state index < -0.39 is 5.92 Å². The molecule has 0 bridgehead atoms. The first kappa shape index (κ1) is 17.1. The fraction of sp³-hybridized carbons (Fsp3) is 0.300. The van der Waals surface area contributed by atoms with Crippen LogP contribution in [0.5, 0.6) is 0 Å². The third-order valence-electron chi connectivity index (χ3n) is 4.59. The molecular weight excluding hydrogens is 319 g/mol. The van der Waals surface area contributed by atoms with Gasteiger partial charge in [0.1, 0.15) is 11.7 Å². The van der Waals surface area contributed by atoms with Crippen molar-refractivity contribution in [2.45, 2.75) is 26.3 Å². The number of carbonyl (C=O) groups is 2. The zero-order valence-electron chi connectivity index (χ0n) is 14.2. The molecular formula is C20H21FN2O2. The molecule has 1 aliphatic rings. The van der Waals surface area contributed by atoms with E-state index in [4.69, 9.17) is 0 Å². The van der Waals surface area contributed by atoms with E-state index in [9.17, 15) is 14.0 Å². The average Bonchev–Trinajstić information content (AvgIpc) is 3.02. The SMILES string of the molecule is CCc1ccc(N2CCC(C(=O)NCc3ccccc3F)C2=O)cc1. The van der Waals surface area contributed by atoms with Crippen LogP contribution in [0.3, 0.4) is 0 Å². The van der Waals surface area contributed by atoms with Crippen LogP contribution >= 0.6 is 0 Å². The van der Waals surface area contributed by atoms with E-state index in [1.165, 1.54) is 11.6 Å². The number of nitrogens with one attached hydrogen (secondary N) is 1. The van der Waals surface area contributed by atoms with Gasteiger partial charge in [0.05, 0.1) is 0 Å². The van der Waals surface area contributed by atoms with Gasteiger partial charge in [0.2, 0.25) is 11.8 Å². The van der Waals surface area contributed by atoms with Crippen molar-refractivity contribution >= 4 is 17.5 Å². The molecule has 0 spiro atoms. The number of halogens is 1. The molecule has 0 saturated carbocycles. The van der Waals surface area contributed by atoms with Crippen LogP contribution in [-0.2, 0) is 22.6 Å². The number of carbonyl (C=O) groups excluding carboxylic acids is 2. The molecule has 2 aromatic rings. The van der Waals surface area contributed by atoms with Gasteiger partial charge < -0.3 is 10.2 Å². The van der Waals surface area contributed by atoms with Crippen LogP contribution in [-0.4, -0.2) is 18.4 Å². The highest BCUT2D eigenvalue weighted by Gasteiger charge is 2.37. The summed E-state index contributed by atoms with van der Waals surface area (Å²) in [5, 5.41) is 2.68. The molecule has 0 aliphatic carbocycles. The van der Waals surface area contributed by atoms with E-state index in [1.807, 2.05) is 24.3 Å². The van der Waals surface area contributed by atoms with Gasteiger partial charge in [-0.2, -0.15) is 0 Å². The molecule has 0 aromatic heterocycles. The van der Waals surface area contributed by atoms with Crippen molar-refractivity contribution in [3.8, 4) is 0 Å². The minimum atomic E-state index is -0.711. The van der Waals surface area contributed by atoms with Gasteiger partial charge in [-0.3, -0.25) is 9.59 Å². The number of hydrogen-bond acceptors (Lipinski definition) is 2. The van der Waals surface area contributed by atoms with Gasteiger partial charge >= 0.3 is 0 Å². The van der Waals surface area contributed by atoms with E-state index in [1.54, 1.807) is 23.1 Å². The molecule has 1 aliphatic heterocycles. The Labute approximate surface area is 146 Å². The molecule has 1 atom stereocenters. The minimum Gasteiger partial charge on any atom is -0.351 e. The summed E-state index contributed by atoms with van der Waals surface area (Å²) in [4.78, 5) is 26.6. The van der Waals surface area contributed by atoms with Gasteiger partial charge in [0, 0.05) is 24.3 Å². The summed E-state index contributed by atoms with van der Waals surface area (Å²) < 4.78 is 13.6. The summed E-state index contributed by atoms with van der Waals surface area (Å²) in [6.45, 7) is 2.68. The van der Waals surface area contributed by atoms with Crippen molar-refractivity contribution < 1.29 is 14.0 Å². The van der Waals surface area contributed by atoms with Crippen LogP contribution in [0.2, 0.25) is 0 Å². The van der Waals surface area contributed by atoms with E-state index in [0.29, 0.717) is 18.5 Å². The highest BCUT2D eigenvalue weighted by Crippen LogP contribution is 2.26. The summed E-state index contributed by atoms with van der Waals surface area (Å²) in [5.74, 6) is -1.62. The first-order valence-corrected chi connectivity index (χ1v) is 8.51. The molecule has 1 fully saturated rings. The first-order chi connectivity index (χ1) is 12.1. The quantitative estimate of drug-likeness (QED) is 0.851. The lowest BCUT2D eigenvalue weighted by atomic mass is 10.1. The Morgan fingerprint density at radius 3 is 2.60 bits per heavy atom. The monoisotopic (exact) mass is 340 g/mol. The molecule has 1 saturated heterocycles. The summed E-state index contributed by atoms with van der Waals surface area (Å²) in [6.07, 6.45) is 1.41. The van der Waals surface area contributed by atoms with Gasteiger partial charge in [-0.1, -0.05) is 37.3 Å². The van der Waals surface area contributed by atoms with E-state index in [0.717, 1.165) is 12.1 Å². The van der Waals surface area contributed by atoms with Crippen LogP contribution in [0.4, 0.5) is 10.1 Å². The van der Waals surface area contributed by atoms with Crippen molar-refractivity contribution in [3.63, 3.8) is 0 Å². The summed E-state index contributed by atoms with van der Waals surface area (Å²) in [7, 11) is 0. The van der Waals surface area contributed by atoms with Crippen molar-refractivity contribution in [1.29, 1.82) is 0 Å². The minimum absolute atomic E-state index is 0.0838. The van der Waals surface area contributed by atoms with Crippen LogP contribution in [0, 0.1) is 11.7 Å². The molecule has 130 valence electrons. The molecule has 2 amide bonds.